The minimum absolute atomic E-state index is 0.0156. The van der Waals surface area contributed by atoms with Crippen LogP contribution in [-0.2, 0) is 0 Å². The number of nitrogen functional groups attached to an aromatic ring is 1. The van der Waals surface area contributed by atoms with Crippen LogP contribution in [0, 0.1) is 0 Å². The lowest BCUT2D eigenvalue weighted by molar-refractivity contribution is -0.0494. The predicted molar refractivity (Wildman–Crippen MR) is 76.7 cm³/mol. The normalized spacial score (nSPS) is 17.9. The molecule has 4 nitrogen and oxygen atoms in total. The third-order valence-electron chi connectivity index (χ3n) is 3.40. The highest BCUT2D eigenvalue weighted by Crippen LogP contribution is 2.29. The van der Waals surface area contributed by atoms with Gasteiger partial charge in [0.2, 0.25) is 0 Å². The van der Waals surface area contributed by atoms with Gasteiger partial charge >= 0.3 is 0 Å². The Hall–Kier alpha value is -1.85. The van der Waals surface area contributed by atoms with Gasteiger partial charge in [0, 0.05) is 31.5 Å². The molecular weight excluding hydrogens is 278 g/mol. The number of amides is 1. The first-order valence-corrected chi connectivity index (χ1v) is 7.02. The van der Waals surface area contributed by atoms with Crippen LogP contribution in [0.1, 0.15) is 37.0 Å². The molecule has 116 valence electrons. The van der Waals surface area contributed by atoms with Crippen LogP contribution in [0.4, 0.5) is 14.5 Å². The molecule has 0 atom stereocenters. The average molecular weight is 298 g/mol. The van der Waals surface area contributed by atoms with E-state index in [0.29, 0.717) is 17.0 Å². The molecule has 6 heteroatoms. The van der Waals surface area contributed by atoms with E-state index in [2.05, 4.69) is 0 Å². The number of halogens is 2. The van der Waals surface area contributed by atoms with E-state index in [0.717, 1.165) is 0 Å². The van der Waals surface area contributed by atoms with E-state index in [1.807, 2.05) is 13.8 Å². The lowest BCUT2D eigenvalue weighted by Crippen LogP contribution is -2.42. The van der Waals surface area contributed by atoms with Gasteiger partial charge in [-0.1, -0.05) is 0 Å². The predicted octanol–water partition coefficient (Wildman–Crippen LogP) is 2.93. The summed E-state index contributed by atoms with van der Waals surface area (Å²) >= 11 is 0. The maximum atomic E-state index is 13.1. The Bertz CT molecular complexity index is 522. The molecule has 2 N–H and O–H groups in total. The van der Waals surface area contributed by atoms with Crippen molar-refractivity contribution in [3.8, 4) is 5.75 Å². The lowest BCUT2D eigenvalue weighted by atomic mass is 10.1. The van der Waals surface area contributed by atoms with Crippen LogP contribution in [0.5, 0.6) is 5.75 Å². The van der Waals surface area contributed by atoms with Gasteiger partial charge in [0.15, 0.2) is 0 Å². The molecule has 1 aromatic rings. The van der Waals surface area contributed by atoms with E-state index >= 15 is 0 Å². The Morgan fingerprint density at radius 3 is 2.48 bits per heavy atom. The molecule has 1 saturated heterocycles. The molecule has 1 amide bonds. The van der Waals surface area contributed by atoms with Crippen molar-refractivity contribution >= 4 is 11.6 Å². The lowest BCUT2D eigenvalue weighted by Gasteiger charge is -2.31. The van der Waals surface area contributed by atoms with Gasteiger partial charge in [0.05, 0.1) is 11.8 Å². The number of anilines is 1. The van der Waals surface area contributed by atoms with Crippen LogP contribution < -0.4 is 10.5 Å². The minimum atomic E-state index is -2.66. The topological polar surface area (TPSA) is 55.6 Å². The van der Waals surface area contributed by atoms with Crippen LogP contribution in [0.25, 0.3) is 0 Å². The SMILES string of the molecule is CC(C)Oc1ccc(C(=O)N2CCC(F)(F)CC2)cc1N. The van der Waals surface area contributed by atoms with E-state index in [1.165, 1.54) is 11.0 Å². The molecular formula is C15H20F2N2O2. The number of nitrogens with two attached hydrogens (primary N) is 1. The van der Waals surface area contributed by atoms with Crippen LogP contribution in [0.2, 0.25) is 0 Å². The summed E-state index contributed by atoms with van der Waals surface area (Å²) < 4.78 is 31.7. The number of rotatable bonds is 3. The zero-order chi connectivity index (χ0) is 15.6. The number of alkyl halides is 2. The maximum Gasteiger partial charge on any atom is 0.253 e. The van der Waals surface area contributed by atoms with E-state index in [4.69, 9.17) is 10.5 Å². The monoisotopic (exact) mass is 298 g/mol. The van der Waals surface area contributed by atoms with Crippen LogP contribution in [0.15, 0.2) is 18.2 Å². The quantitative estimate of drug-likeness (QED) is 0.873. The van der Waals surface area contributed by atoms with Crippen LogP contribution in [0.3, 0.4) is 0 Å². The first-order chi connectivity index (χ1) is 9.78. The van der Waals surface area contributed by atoms with Crippen molar-refractivity contribution in [3.63, 3.8) is 0 Å². The molecule has 0 aromatic heterocycles. The Morgan fingerprint density at radius 1 is 1.33 bits per heavy atom. The summed E-state index contributed by atoms with van der Waals surface area (Å²) in [4.78, 5) is 13.7. The zero-order valence-corrected chi connectivity index (χ0v) is 12.2. The Kier molecular flexibility index (Phi) is 4.34. The Labute approximate surface area is 122 Å². The molecule has 0 unspecified atom stereocenters. The minimum Gasteiger partial charge on any atom is -0.489 e. The highest BCUT2D eigenvalue weighted by Gasteiger charge is 2.35. The number of likely N-dealkylation sites (tertiary alicyclic amines) is 1. The Balaban J connectivity index is 2.08. The molecule has 2 rings (SSSR count). The smallest absolute Gasteiger partial charge is 0.253 e. The molecule has 21 heavy (non-hydrogen) atoms. The molecule has 0 spiro atoms. The van der Waals surface area contributed by atoms with E-state index in [1.54, 1.807) is 12.1 Å². The fraction of sp³-hybridized carbons (Fsp3) is 0.533. The van der Waals surface area contributed by atoms with Gasteiger partial charge in [-0.25, -0.2) is 8.78 Å². The number of hydrogen-bond donors (Lipinski definition) is 1. The van der Waals surface area contributed by atoms with Crippen LogP contribution in [-0.4, -0.2) is 35.9 Å². The van der Waals surface area contributed by atoms with E-state index < -0.39 is 5.92 Å². The van der Waals surface area contributed by atoms with Gasteiger partial charge in [0.1, 0.15) is 5.75 Å². The number of hydrogen-bond acceptors (Lipinski definition) is 3. The van der Waals surface area contributed by atoms with Crippen molar-refractivity contribution in [2.75, 3.05) is 18.8 Å². The first kappa shape index (κ1) is 15.5. The summed E-state index contributed by atoms with van der Waals surface area (Å²) in [5.41, 5.74) is 6.63. The summed E-state index contributed by atoms with van der Waals surface area (Å²) in [6.07, 6.45) is -0.593. The van der Waals surface area contributed by atoms with Crippen LogP contribution >= 0.6 is 0 Å². The van der Waals surface area contributed by atoms with Gasteiger partial charge in [-0.3, -0.25) is 4.79 Å². The van der Waals surface area contributed by atoms with E-state index in [9.17, 15) is 13.6 Å². The first-order valence-electron chi connectivity index (χ1n) is 7.02. The molecule has 1 aliphatic rings. The highest BCUT2D eigenvalue weighted by molar-refractivity contribution is 5.95. The standard InChI is InChI=1S/C15H20F2N2O2/c1-10(2)21-13-4-3-11(9-12(13)18)14(20)19-7-5-15(16,17)6-8-19/h3-4,9-10H,5-8,18H2,1-2H3. The van der Waals surface area contributed by atoms with Gasteiger partial charge in [-0.15, -0.1) is 0 Å². The Morgan fingerprint density at radius 2 is 1.95 bits per heavy atom. The third-order valence-corrected chi connectivity index (χ3v) is 3.40. The largest absolute Gasteiger partial charge is 0.489 e. The number of piperidine rings is 1. The van der Waals surface area contributed by atoms with Crippen molar-refractivity contribution in [1.29, 1.82) is 0 Å². The molecule has 1 aromatic carbocycles. The highest BCUT2D eigenvalue weighted by atomic mass is 19.3. The third kappa shape index (κ3) is 3.83. The molecule has 1 aliphatic heterocycles. The van der Waals surface area contributed by atoms with Gasteiger partial charge in [-0.2, -0.15) is 0 Å². The van der Waals surface area contributed by atoms with Gasteiger partial charge in [0.25, 0.3) is 11.8 Å². The molecule has 1 heterocycles. The van der Waals surface area contributed by atoms with Gasteiger partial charge in [-0.05, 0) is 32.0 Å². The molecule has 0 bridgehead atoms. The summed E-state index contributed by atoms with van der Waals surface area (Å²) in [7, 11) is 0. The zero-order valence-electron chi connectivity index (χ0n) is 12.2. The molecule has 0 saturated carbocycles. The number of carbonyl (C=O) groups excluding carboxylic acids is 1. The second kappa shape index (κ2) is 5.87. The summed E-state index contributed by atoms with van der Waals surface area (Å²) in [6.45, 7) is 3.89. The average Bonchev–Trinajstić information content (AvgIpc) is 2.40. The van der Waals surface area contributed by atoms with Crippen molar-refractivity contribution < 1.29 is 18.3 Å². The fourth-order valence-corrected chi connectivity index (χ4v) is 2.26. The number of benzene rings is 1. The molecule has 0 radical (unpaired) electrons. The van der Waals surface area contributed by atoms with E-state index in [-0.39, 0.29) is 37.9 Å². The number of nitrogens with zero attached hydrogens (tertiary/aromatic N) is 1. The summed E-state index contributed by atoms with van der Waals surface area (Å²) in [5.74, 6) is -2.41. The maximum absolute atomic E-state index is 13.1. The van der Waals surface area contributed by atoms with Gasteiger partial charge < -0.3 is 15.4 Å². The van der Waals surface area contributed by atoms with Crippen molar-refractivity contribution in [2.24, 2.45) is 0 Å². The fourth-order valence-electron chi connectivity index (χ4n) is 2.26. The van der Waals surface area contributed by atoms with Crippen molar-refractivity contribution in [2.45, 2.75) is 38.7 Å². The molecule has 0 aliphatic carbocycles. The summed E-state index contributed by atoms with van der Waals surface area (Å²) in [5, 5.41) is 0. The van der Waals surface area contributed by atoms with Crippen molar-refractivity contribution in [1.82, 2.24) is 4.90 Å². The molecule has 1 fully saturated rings. The number of ether oxygens (including phenoxy) is 1. The number of carbonyl (C=O) groups is 1. The summed E-state index contributed by atoms with van der Waals surface area (Å²) in [6, 6.07) is 4.79. The van der Waals surface area contributed by atoms with Crippen molar-refractivity contribution in [3.05, 3.63) is 23.8 Å². The second-order valence-electron chi connectivity index (χ2n) is 5.57. The second-order valence-corrected chi connectivity index (χ2v) is 5.57.